The highest BCUT2D eigenvalue weighted by molar-refractivity contribution is 7.84. The molecule has 0 radical (unpaired) electrons. The molecule has 3 N–H and O–H groups in total. The number of benzene rings is 2. The van der Waals surface area contributed by atoms with Gasteiger partial charge in [0.15, 0.2) is 23.3 Å². The van der Waals surface area contributed by atoms with Crippen molar-refractivity contribution in [2.75, 3.05) is 90.8 Å². The van der Waals surface area contributed by atoms with Gasteiger partial charge in [-0.2, -0.15) is 8.78 Å². The number of ether oxygens (including phenoxy) is 6. The zero-order valence-electron chi connectivity index (χ0n) is 30.7. The molecule has 0 bridgehead atoms. The van der Waals surface area contributed by atoms with E-state index in [0.29, 0.717) is 82.5 Å². The Kier molecular flexibility index (Phi) is 28.3. The first-order valence-electron chi connectivity index (χ1n) is 15.8. The van der Waals surface area contributed by atoms with Crippen LogP contribution in [-0.2, 0) is 54.9 Å². The van der Waals surface area contributed by atoms with Crippen LogP contribution >= 0.6 is 0 Å². The molecule has 0 fully saturated rings. The molecule has 0 saturated heterocycles. The van der Waals surface area contributed by atoms with Crippen LogP contribution in [0.1, 0.15) is 18.4 Å². The van der Waals surface area contributed by atoms with E-state index in [1.165, 1.54) is 12.5 Å². The van der Waals surface area contributed by atoms with Crippen LogP contribution < -0.4 is 10.1 Å². The van der Waals surface area contributed by atoms with Gasteiger partial charge in [-0.05, 0) is 24.9 Å². The van der Waals surface area contributed by atoms with Crippen LogP contribution in [-0.4, -0.2) is 129 Å². The Morgan fingerprint density at radius 3 is 1.71 bits per heavy atom. The van der Waals surface area contributed by atoms with Gasteiger partial charge in [0.25, 0.3) is 0 Å². The fraction of sp³-hybridized carbons (Fsp3) is 0.455. The van der Waals surface area contributed by atoms with Gasteiger partial charge in [-0.3, -0.25) is 9.62 Å². The van der Waals surface area contributed by atoms with Crippen molar-refractivity contribution in [1.29, 1.82) is 10.8 Å². The van der Waals surface area contributed by atoms with E-state index in [1.807, 2.05) is 0 Å². The molecule has 0 aliphatic rings. The topological polar surface area (TPSA) is 222 Å². The summed E-state index contributed by atoms with van der Waals surface area (Å²) in [5.74, 6) is -7.05. The number of aldehydes is 2. The molecule has 2 atom stereocenters. The Labute approximate surface area is 320 Å². The Morgan fingerprint density at radius 1 is 0.818 bits per heavy atom. The smallest absolute Gasteiger partial charge is 0.307 e. The summed E-state index contributed by atoms with van der Waals surface area (Å²) < 4.78 is 108. The number of hydrogen-bond donors (Lipinski definition) is 3. The normalized spacial score (nSPS) is 11.3. The second kappa shape index (κ2) is 30.8. The van der Waals surface area contributed by atoms with Crippen LogP contribution in [0.5, 0.6) is 5.75 Å². The minimum Gasteiger partial charge on any atom is -0.491 e. The van der Waals surface area contributed by atoms with E-state index in [-0.39, 0.29) is 29.0 Å². The summed E-state index contributed by atoms with van der Waals surface area (Å²) in [5, 5.41) is 24.0. The molecule has 16 nitrogen and oxygen atoms in total. The molecule has 1 heterocycles. The highest BCUT2D eigenvalue weighted by Crippen LogP contribution is 2.26. The molecular formula is C33H45F4N5O11S2. The van der Waals surface area contributed by atoms with Crippen molar-refractivity contribution in [3.8, 4) is 17.2 Å². The Bertz CT molecular complexity index is 1590. The lowest BCUT2D eigenvalue weighted by Gasteiger charge is -2.09. The predicted octanol–water partition coefficient (Wildman–Crippen LogP) is 3.94. The Morgan fingerprint density at radius 2 is 1.31 bits per heavy atom. The fourth-order valence-corrected chi connectivity index (χ4v) is 4.09. The predicted molar refractivity (Wildman–Crippen MR) is 196 cm³/mol. The third-order valence-electron chi connectivity index (χ3n) is 5.90. The van der Waals surface area contributed by atoms with E-state index in [0.717, 1.165) is 19.7 Å². The molecule has 0 amide bonds. The summed E-state index contributed by atoms with van der Waals surface area (Å²) in [6.07, 6.45) is 5.44. The second-order valence-corrected chi connectivity index (χ2v) is 12.5. The number of nitrogens with zero attached hydrogens (tertiary/aromatic N) is 2. The molecule has 3 rings (SSSR count). The van der Waals surface area contributed by atoms with Crippen LogP contribution in [0.3, 0.4) is 0 Å². The van der Waals surface area contributed by atoms with Crippen molar-refractivity contribution in [3.63, 3.8) is 0 Å². The maximum absolute atomic E-state index is 12.5. The summed E-state index contributed by atoms with van der Waals surface area (Å²) in [4.78, 5) is 19.9. The van der Waals surface area contributed by atoms with Crippen LogP contribution in [0.25, 0.3) is 11.5 Å². The van der Waals surface area contributed by atoms with Crippen LogP contribution in [0.2, 0.25) is 0 Å². The van der Waals surface area contributed by atoms with Gasteiger partial charge in [-0.25, -0.2) is 13.0 Å². The number of halogens is 4. The Balaban J connectivity index is 0.000000814. The zero-order valence-corrected chi connectivity index (χ0v) is 32.3. The van der Waals surface area contributed by atoms with Crippen molar-refractivity contribution < 1.29 is 68.4 Å². The molecule has 22 heteroatoms. The van der Waals surface area contributed by atoms with Crippen LogP contribution in [0, 0.1) is 34.1 Å². The van der Waals surface area contributed by atoms with E-state index in [4.69, 9.17) is 38.9 Å². The number of carbonyl (C=O) groups excluding carboxylic acids is 2. The van der Waals surface area contributed by atoms with Crippen molar-refractivity contribution in [3.05, 3.63) is 53.1 Å². The van der Waals surface area contributed by atoms with E-state index < -0.39 is 50.6 Å². The van der Waals surface area contributed by atoms with E-state index >= 15 is 0 Å². The quantitative estimate of drug-likeness (QED) is 0.0326. The molecule has 2 aromatic carbocycles. The zero-order chi connectivity index (χ0) is 41.6. The van der Waals surface area contributed by atoms with E-state index in [9.17, 15) is 35.6 Å². The van der Waals surface area contributed by atoms with Crippen molar-refractivity contribution >= 4 is 52.5 Å². The van der Waals surface area contributed by atoms with E-state index in [1.54, 1.807) is 25.2 Å². The SMILES string of the molecule is C=N.CNc1cc(C(=N)OCS(C)=O)cc(-c2nnc(S(C)=O)o2)c1.COc1c(F)c(F)cc(F)c1F.O=CCCOCCOCCOCCOCCC=O. The van der Waals surface area contributed by atoms with Crippen molar-refractivity contribution in [2.45, 2.75) is 18.1 Å². The molecule has 55 heavy (non-hydrogen) atoms. The lowest BCUT2D eigenvalue weighted by molar-refractivity contribution is -0.109. The average Bonchev–Trinajstić information content (AvgIpc) is 3.69. The summed E-state index contributed by atoms with van der Waals surface area (Å²) in [7, 11) is 0.116. The third-order valence-corrected chi connectivity index (χ3v) is 7.01. The Hall–Kier alpha value is -4.48. The molecule has 0 aliphatic carbocycles. The number of aromatic nitrogens is 2. The monoisotopic (exact) mass is 827 g/mol. The van der Waals surface area contributed by atoms with Gasteiger partial charge in [-0.1, -0.05) is 5.10 Å². The molecule has 0 saturated carbocycles. The number of anilines is 1. The highest BCUT2D eigenvalue weighted by Gasteiger charge is 2.19. The van der Waals surface area contributed by atoms with E-state index in [2.05, 4.69) is 27.0 Å². The number of rotatable bonds is 22. The summed E-state index contributed by atoms with van der Waals surface area (Å²) in [5.41, 5.74) is 1.73. The van der Waals surface area contributed by atoms with Crippen LogP contribution in [0.4, 0.5) is 23.2 Å². The number of nitrogens with one attached hydrogen (secondary N) is 3. The molecule has 0 spiro atoms. The maximum Gasteiger partial charge on any atom is 0.307 e. The minimum atomic E-state index is -1.53. The number of hydrogen-bond acceptors (Lipinski definition) is 16. The molecule has 1 aromatic heterocycles. The minimum absolute atomic E-state index is 0.0316. The van der Waals surface area contributed by atoms with Gasteiger partial charge in [0.1, 0.15) is 23.4 Å². The first-order valence-corrected chi connectivity index (χ1v) is 19.1. The summed E-state index contributed by atoms with van der Waals surface area (Å²) in [6.45, 7) is 6.38. The second-order valence-electron chi connectivity index (χ2n) is 9.90. The summed E-state index contributed by atoms with van der Waals surface area (Å²) >= 11 is 0. The lowest BCUT2D eigenvalue weighted by atomic mass is 10.1. The molecule has 0 aliphatic heterocycles. The van der Waals surface area contributed by atoms with Gasteiger partial charge in [0, 0.05) is 55.3 Å². The van der Waals surface area contributed by atoms with Crippen molar-refractivity contribution in [1.82, 2.24) is 10.2 Å². The highest BCUT2D eigenvalue weighted by atomic mass is 32.2. The van der Waals surface area contributed by atoms with Crippen molar-refractivity contribution in [2.24, 2.45) is 0 Å². The molecule has 2 unspecified atom stereocenters. The van der Waals surface area contributed by atoms with Gasteiger partial charge >= 0.3 is 5.22 Å². The first-order chi connectivity index (χ1) is 26.4. The number of carbonyl (C=O) groups is 2. The molecule has 3 aromatic rings. The van der Waals surface area contributed by atoms with Crippen LogP contribution in [0.15, 0.2) is 33.9 Å². The van der Waals surface area contributed by atoms with Gasteiger partial charge < -0.3 is 53.2 Å². The molecule has 308 valence electrons. The maximum atomic E-state index is 12.5. The average molecular weight is 828 g/mol. The lowest BCUT2D eigenvalue weighted by Crippen LogP contribution is -2.12. The van der Waals surface area contributed by atoms with Gasteiger partial charge in [0.05, 0.1) is 70.8 Å². The van der Waals surface area contributed by atoms with Gasteiger partial charge in [-0.15, -0.1) is 5.10 Å². The van der Waals surface area contributed by atoms with Gasteiger partial charge in [0.2, 0.25) is 23.4 Å². The largest absolute Gasteiger partial charge is 0.491 e. The fourth-order valence-electron chi connectivity index (χ4n) is 3.45. The number of methoxy groups -OCH3 is 1. The first kappa shape index (κ1) is 50.5. The summed E-state index contributed by atoms with van der Waals surface area (Å²) in [6, 6.07) is 5.22. The standard InChI is InChI=1S/C13H16N4O4S2.C12H22O6.C7H4F4O.CH3N/c1-15-10-5-8(11(14)20-7-22(2)18)4-9(6-10)12-16-17-13(21-12)23(3)19;13-3-1-5-15-7-9-17-11-12-18-10-8-16-6-2-4-14;1-12-7-5(10)3(8)2-4(9)6(7)11;1-2/h4-6,14-15H,7H2,1-3H3;3-4H,1-2,5-12H2;2H,1H3;2H,1H2. The third kappa shape index (κ3) is 21.3. The molecular weight excluding hydrogens is 783 g/mol.